The van der Waals surface area contributed by atoms with Gasteiger partial charge in [0.05, 0.1) is 0 Å². The highest BCUT2D eigenvalue weighted by molar-refractivity contribution is 7.80. The van der Waals surface area contributed by atoms with Crippen molar-refractivity contribution in [3.05, 3.63) is 88.0 Å². The van der Waals surface area contributed by atoms with E-state index in [1.807, 2.05) is 0 Å². The van der Waals surface area contributed by atoms with Gasteiger partial charge in [-0.15, -0.1) is 37.9 Å². The number of hydrogen-bond donors (Lipinski definition) is 3. The van der Waals surface area contributed by atoms with Gasteiger partial charge in [-0.3, -0.25) is 4.90 Å². The number of rotatable bonds is 6. The Kier molecular flexibility index (Phi) is 7.21. The molecule has 0 radical (unpaired) electrons. The van der Waals surface area contributed by atoms with Crippen molar-refractivity contribution in [3.63, 3.8) is 0 Å². The Balaban J connectivity index is 1.94. The molecule has 0 saturated heterocycles. The van der Waals surface area contributed by atoms with Crippen LogP contribution in [0, 0.1) is 20.8 Å². The van der Waals surface area contributed by atoms with E-state index in [1.54, 1.807) is 0 Å². The fraction of sp³-hybridized carbons (Fsp3) is 0.250. The summed E-state index contributed by atoms with van der Waals surface area (Å²) in [4.78, 5) is 5.65. The Morgan fingerprint density at radius 1 is 0.536 bits per heavy atom. The highest BCUT2D eigenvalue weighted by Crippen LogP contribution is 2.27. The molecule has 0 saturated carbocycles. The molecule has 1 nitrogen and oxygen atoms in total. The molecule has 146 valence electrons. The summed E-state index contributed by atoms with van der Waals surface area (Å²) in [6, 6.07) is 19.1. The molecule has 0 aliphatic heterocycles. The van der Waals surface area contributed by atoms with Gasteiger partial charge in [-0.2, -0.15) is 0 Å². The Morgan fingerprint density at radius 3 is 1.11 bits per heavy atom. The average Bonchev–Trinajstić information content (AvgIpc) is 2.66. The van der Waals surface area contributed by atoms with E-state index in [9.17, 15) is 0 Å². The summed E-state index contributed by atoms with van der Waals surface area (Å²) in [6.07, 6.45) is 0. The lowest BCUT2D eigenvalue weighted by Crippen LogP contribution is -2.23. The van der Waals surface area contributed by atoms with Gasteiger partial charge in [0.2, 0.25) is 0 Å². The maximum atomic E-state index is 4.75. The SMILES string of the molecule is Cc1cccc(CN(Cc2cccc(C)c2S)Cc2cccc(C)c2S)c1S. The van der Waals surface area contributed by atoms with Crippen LogP contribution in [0.3, 0.4) is 0 Å². The molecule has 0 bridgehead atoms. The van der Waals surface area contributed by atoms with Crippen LogP contribution in [0.4, 0.5) is 0 Å². The van der Waals surface area contributed by atoms with Gasteiger partial charge in [0.1, 0.15) is 0 Å². The summed E-state index contributed by atoms with van der Waals surface area (Å²) in [6.45, 7) is 8.79. The van der Waals surface area contributed by atoms with Gasteiger partial charge in [-0.1, -0.05) is 54.6 Å². The molecule has 0 aliphatic rings. The van der Waals surface area contributed by atoms with Crippen LogP contribution >= 0.6 is 37.9 Å². The van der Waals surface area contributed by atoms with Crippen LogP contribution in [0.5, 0.6) is 0 Å². The van der Waals surface area contributed by atoms with Crippen LogP contribution in [0.15, 0.2) is 69.3 Å². The number of hydrogen-bond acceptors (Lipinski definition) is 4. The summed E-state index contributed by atoms with van der Waals surface area (Å²) in [5.41, 5.74) is 7.34. The standard InChI is InChI=1S/C24H27NS3/c1-16-7-4-10-19(22(16)26)13-25(14-20-11-5-8-17(2)23(20)27)15-21-12-6-9-18(3)24(21)28/h4-12,26-28H,13-15H2,1-3H3. The predicted octanol–water partition coefficient (Wildman–Crippen LogP) is 6.68. The van der Waals surface area contributed by atoms with Gasteiger partial charge in [0, 0.05) is 34.3 Å². The van der Waals surface area contributed by atoms with Crippen molar-refractivity contribution in [1.82, 2.24) is 4.90 Å². The van der Waals surface area contributed by atoms with Crippen LogP contribution in [0.25, 0.3) is 0 Å². The fourth-order valence-electron chi connectivity index (χ4n) is 3.43. The third-order valence-electron chi connectivity index (χ3n) is 5.15. The van der Waals surface area contributed by atoms with Gasteiger partial charge in [0.25, 0.3) is 0 Å². The van der Waals surface area contributed by atoms with Crippen LogP contribution in [-0.4, -0.2) is 4.90 Å². The summed E-state index contributed by atoms with van der Waals surface area (Å²) < 4.78 is 0. The molecule has 0 atom stereocenters. The molecule has 0 aromatic heterocycles. The highest BCUT2D eigenvalue weighted by Gasteiger charge is 2.14. The molecular weight excluding hydrogens is 398 g/mol. The van der Waals surface area contributed by atoms with E-state index in [4.69, 9.17) is 37.9 Å². The first-order valence-electron chi connectivity index (χ1n) is 9.41. The van der Waals surface area contributed by atoms with Crippen molar-refractivity contribution in [3.8, 4) is 0 Å². The molecule has 0 fully saturated rings. The fourth-order valence-corrected chi connectivity index (χ4v) is 4.09. The first-order chi connectivity index (χ1) is 13.4. The molecule has 0 spiro atoms. The second-order valence-electron chi connectivity index (χ2n) is 7.39. The van der Waals surface area contributed by atoms with Gasteiger partial charge < -0.3 is 0 Å². The van der Waals surface area contributed by atoms with E-state index in [0.29, 0.717) is 0 Å². The van der Waals surface area contributed by atoms with Gasteiger partial charge in [0.15, 0.2) is 0 Å². The minimum Gasteiger partial charge on any atom is -0.290 e. The second kappa shape index (κ2) is 9.45. The Hall–Kier alpha value is -1.33. The zero-order valence-corrected chi connectivity index (χ0v) is 19.3. The zero-order chi connectivity index (χ0) is 20.3. The quantitative estimate of drug-likeness (QED) is 0.371. The number of benzene rings is 3. The normalized spacial score (nSPS) is 11.2. The largest absolute Gasteiger partial charge is 0.290 e. The second-order valence-corrected chi connectivity index (χ2v) is 8.73. The molecule has 0 unspecified atom stereocenters. The molecule has 0 amide bonds. The van der Waals surface area contributed by atoms with Crippen molar-refractivity contribution < 1.29 is 0 Å². The van der Waals surface area contributed by atoms with Crippen LogP contribution in [0.1, 0.15) is 33.4 Å². The highest BCUT2D eigenvalue weighted by atomic mass is 32.1. The van der Waals surface area contributed by atoms with E-state index in [0.717, 1.165) is 34.3 Å². The van der Waals surface area contributed by atoms with Crippen LogP contribution in [-0.2, 0) is 19.6 Å². The van der Waals surface area contributed by atoms with Crippen molar-refractivity contribution in [2.24, 2.45) is 0 Å². The van der Waals surface area contributed by atoms with Crippen molar-refractivity contribution in [1.29, 1.82) is 0 Å². The molecule has 28 heavy (non-hydrogen) atoms. The summed E-state index contributed by atoms with van der Waals surface area (Å²) >= 11 is 14.3. The zero-order valence-electron chi connectivity index (χ0n) is 16.6. The van der Waals surface area contributed by atoms with Gasteiger partial charge in [-0.05, 0) is 54.2 Å². The molecule has 0 N–H and O–H groups in total. The maximum absolute atomic E-state index is 4.75. The van der Waals surface area contributed by atoms with Crippen LogP contribution in [0.2, 0.25) is 0 Å². The third-order valence-corrected chi connectivity index (χ3v) is 7.07. The lowest BCUT2D eigenvalue weighted by atomic mass is 10.1. The smallest absolute Gasteiger partial charge is 0.0251 e. The maximum Gasteiger partial charge on any atom is 0.0251 e. The number of aryl methyl sites for hydroxylation is 3. The molecule has 3 aromatic carbocycles. The van der Waals surface area contributed by atoms with Crippen molar-refractivity contribution in [2.45, 2.75) is 55.1 Å². The molecule has 0 heterocycles. The molecule has 3 aromatic rings. The monoisotopic (exact) mass is 425 g/mol. The van der Waals surface area contributed by atoms with Gasteiger partial charge >= 0.3 is 0 Å². The number of thiol groups is 3. The Morgan fingerprint density at radius 2 is 0.821 bits per heavy atom. The minimum absolute atomic E-state index is 0.822. The van der Waals surface area contributed by atoms with Crippen molar-refractivity contribution >= 4 is 37.9 Å². The van der Waals surface area contributed by atoms with E-state index < -0.39 is 0 Å². The van der Waals surface area contributed by atoms with Crippen molar-refractivity contribution in [2.75, 3.05) is 0 Å². The third kappa shape index (κ3) is 4.98. The average molecular weight is 426 g/mol. The van der Waals surface area contributed by atoms with E-state index >= 15 is 0 Å². The predicted molar refractivity (Wildman–Crippen MR) is 128 cm³/mol. The Bertz CT molecular complexity index is 854. The summed E-state index contributed by atoms with van der Waals surface area (Å²) in [7, 11) is 0. The minimum atomic E-state index is 0.822. The van der Waals surface area contributed by atoms with E-state index in [1.165, 1.54) is 33.4 Å². The first-order valence-corrected chi connectivity index (χ1v) is 10.8. The molecule has 0 aliphatic carbocycles. The summed E-state index contributed by atoms with van der Waals surface area (Å²) in [5.74, 6) is 0. The van der Waals surface area contributed by atoms with E-state index in [2.05, 4.69) is 80.3 Å². The first kappa shape index (κ1) is 21.4. The lowest BCUT2D eigenvalue weighted by Gasteiger charge is -2.25. The molecule has 3 rings (SSSR count). The molecular formula is C24H27NS3. The topological polar surface area (TPSA) is 3.24 Å². The molecule has 4 heteroatoms. The van der Waals surface area contributed by atoms with Crippen LogP contribution < -0.4 is 0 Å². The van der Waals surface area contributed by atoms with Gasteiger partial charge in [-0.25, -0.2) is 0 Å². The number of nitrogens with zero attached hydrogens (tertiary/aromatic N) is 1. The Labute approximate surface area is 185 Å². The van der Waals surface area contributed by atoms with E-state index in [-0.39, 0.29) is 0 Å². The summed E-state index contributed by atoms with van der Waals surface area (Å²) in [5, 5.41) is 0. The lowest BCUT2D eigenvalue weighted by molar-refractivity contribution is 0.242.